The number of ether oxygens (including phenoxy) is 1. The molecule has 6 heterocycles. The van der Waals surface area contributed by atoms with Crippen LogP contribution in [0.2, 0.25) is 0 Å². The van der Waals surface area contributed by atoms with E-state index in [9.17, 15) is 0 Å². The first-order valence-electron chi connectivity index (χ1n) is 12.0. The number of piperidine rings is 1. The summed E-state index contributed by atoms with van der Waals surface area (Å²) >= 11 is 0. The van der Waals surface area contributed by atoms with Gasteiger partial charge in [0.15, 0.2) is 0 Å². The van der Waals surface area contributed by atoms with Gasteiger partial charge in [0.05, 0.1) is 41.2 Å². The molecule has 9 nitrogen and oxygen atoms in total. The Bertz CT molecular complexity index is 1270. The van der Waals surface area contributed by atoms with Crippen LogP contribution in [-0.4, -0.2) is 82.5 Å². The second-order valence-electron chi connectivity index (χ2n) is 9.24. The van der Waals surface area contributed by atoms with Crippen LogP contribution in [0, 0.1) is 0 Å². The topological polar surface area (TPSA) is 98.0 Å². The van der Waals surface area contributed by atoms with E-state index in [0.717, 1.165) is 86.0 Å². The molecular weight excluding hydrogens is 428 g/mol. The lowest BCUT2D eigenvalue weighted by atomic mass is 10.1. The molecule has 34 heavy (non-hydrogen) atoms. The quantitative estimate of drug-likeness (QED) is 0.423. The SMILES string of the molecule is CN1CCN(c2cncc3[nH]c(-c4cc(-c5cncc(OC6CCNCC6)c5)[nH]n4)cc23)CC1. The van der Waals surface area contributed by atoms with Gasteiger partial charge in [-0.1, -0.05) is 0 Å². The lowest BCUT2D eigenvalue weighted by Crippen LogP contribution is -2.44. The van der Waals surface area contributed by atoms with Crippen molar-refractivity contribution in [1.82, 2.24) is 35.4 Å². The predicted octanol–water partition coefficient (Wildman–Crippen LogP) is 2.90. The molecule has 2 fully saturated rings. The molecule has 0 amide bonds. The average molecular weight is 459 g/mol. The van der Waals surface area contributed by atoms with Crippen LogP contribution in [0.15, 0.2) is 43.0 Å². The molecule has 0 aromatic carbocycles. The van der Waals surface area contributed by atoms with Gasteiger partial charge in [-0.05, 0) is 51.2 Å². The van der Waals surface area contributed by atoms with Gasteiger partial charge in [0.25, 0.3) is 0 Å². The normalized spacial score (nSPS) is 18.0. The van der Waals surface area contributed by atoms with E-state index >= 15 is 0 Å². The molecule has 176 valence electrons. The zero-order valence-electron chi connectivity index (χ0n) is 19.4. The van der Waals surface area contributed by atoms with Crippen LogP contribution in [0.3, 0.4) is 0 Å². The maximum Gasteiger partial charge on any atom is 0.138 e. The smallest absolute Gasteiger partial charge is 0.138 e. The molecule has 0 unspecified atom stereocenters. The summed E-state index contributed by atoms with van der Waals surface area (Å²) in [6.45, 7) is 6.13. The van der Waals surface area contributed by atoms with Crippen molar-refractivity contribution in [2.45, 2.75) is 18.9 Å². The van der Waals surface area contributed by atoms with Crippen molar-refractivity contribution in [3.05, 3.63) is 43.0 Å². The second kappa shape index (κ2) is 9.08. The van der Waals surface area contributed by atoms with Crippen LogP contribution in [-0.2, 0) is 0 Å². The third-order valence-corrected chi connectivity index (χ3v) is 6.84. The molecule has 0 bridgehead atoms. The predicted molar refractivity (Wildman–Crippen MR) is 133 cm³/mol. The number of piperazine rings is 1. The fraction of sp³-hybridized carbons (Fsp3) is 0.400. The molecule has 6 rings (SSSR count). The summed E-state index contributed by atoms with van der Waals surface area (Å²) in [5, 5.41) is 12.3. The van der Waals surface area contributed by atoms with Crippen LogP contribution in [0.25, 0.3) is 33.5 Å². The number of likely N-dealkylation sites (N-methyl/N-ethyl adjacent to an activating group) is 1. The summed E-state index contributed by atoms with van der Waals surface area (Å²) in [6.07, 6.45) is 9.76. The van der Waals surface area contributed by atoms with E-state index < -0.39 is 0 Å². The highest BCUT2D eigenvalue weighted by Gasteiger charge is 2.19. The summed E-state index contributed by atoms with van der Waals surface area (Å²) in [6, 6.07) is 6.27. The lowest BCUT2D eigenvalue weighted by Gasteiger charge is -2.34. The highest BCUT2D eigenvalue weighted by Crippen LogP contribution is 2.32. The number of H-pyrrole nitrogens is 2. The number of rotatable bonds is 5. The van der Waals surface area contributed by atoms with Gasteiger partial charge in [-0.2, -0.15) is 5.10 Å². The number of pyridine rings is 2. The zero-order chi connectivity index (χ0) is 22.9. The summed E-state index contributed by atoms with van der Waals surface area (Å²) in [4.78, 5) is 17.2. The van der Waals surface area contributed by atoms with Crippen molar-refractivity contribution in [2.75, 3.05) is 51.2 Å². The van der Waals surface area contributed by atoms with Gasteiger partial charge in [0.1, 0.15) is 17.5 Å². The molecule has 4 aromatic heterocycles. The Kier molecular flexibility index (Phi) is 5.64. The summed E-state index contributed by atoms with van der Waals surface area (Å²) < 4.78 is 6.17. The fourth-order valence-corrected chi connectivity index (χ4v) is 4.82. The highest BCUT2D eigenvalue weighted by atomic mass is 16.5. The minimum absolute atomic E-state index is 0.241. The van der Waals surface area contributed by atoms with Crippen molar-refractivity contribution < 1.29 is 4.74 Å². The van der Waals surface area contributed by atoms with E-state index in [0.29, 0.717) is 0 Å². The zero-order valence-corrected chi connectivity index (χ0v) is 19.4. The van der Waals surface area contributed by atoms with Crippen LogP contribution >= 0.6 is 0 Å². The van der Waals surface area contributed by atoms with Crippen LogP contribution in [0.1, 0.15) is 12.8 Å². The third-order valence-electron chi connectivity index (χ3n) is 6.84. The number of anilines is 1. The number of aromatic nitrogens is 5. The van der Waals surface area contributed by atoms with Crippen molar-refractivity contribution in [3.8, 4) is 28.4 Å². The minimum Gasteiger partial charge on any atom is -0.489 e. The number of aromatic amines is 2. The van der Waals surface area contributed by atoms with Gasteiger partial charge >= 0.3 is 0 Å². The van der Waals surface area contributed by atoms with Crippen molar-refractivity contribution in [2.24, 2.45) is 0 Å². The van der Waals surface area contributed by atoms with E-state index in [2.05, 4.69) is 59.4 Å². The van der Waals surface area contributed by atoms with Crippen molar-refractivity contribution in [1.29, 1.82) is 0 Å². The first-order valence-corrected chi connectivity index (χ1v) is 12.0. The van der Waals surface area contributed by atoms with Gasteiger partial charge in [-0.15, -0.1) is 0 Å². The molecule has 2 saturated heterocycles. The van der Waals surface area contributed by atoms with E-state index in [1.807, 2.05) is 24.7 Å². The highest BCUT2D eigenvalue weighted by molar-refractivity contribution is 5.95. The Hall–Kier alpha value is -3.43. The maximum atomic E-state index is 6.17. The Morgan fingerprint density at radius 1 is 0.912 bits per heavy atom. The molecule has 3 N–H and O–H groups in total. The Morgan fingerprint density at radius 2 is 1.74 bits per heavy atom. The molecule has 0 radical (unpaired) electrons. The molecule has 0 atom stereocenters. The van der Waals surface area contributed by atoms with E-state index in [1.165, 1.54) is 11.1 Å². The minimum atomic E-state index is 0.241. The third kappa shape index (κ3) is 4.24. The van der Waals surface area contributed by atoms with Crippen molar-refractivity contribution >= 4 is 16.6 Å². The standard InChI is InChI=1S/C25H30N8O/c1-32-6-8-33(9-7-32)25-16-28-15-24-20(25)11-22(29-24)23-12-21(30-31-23)17-10-19(14-27-13-17)34-18-2-4-26-5-3-18/h10-16,18,26,29H,2-9H2,1H3,(H,30,31). The van der Waals surface area contributed by atoms with Crippen LogP contribution in [0.4, 0.5) is 5.69 Å². The van der Waals surface area contributed by atoms with Crippen LogP contribution < -0.4 is 15.0 Å². The Morgan fingerprint density at radius 3 is 2.59 bits per heavy atom. The van der Waals surface area contributed by atoms with Gasteiger partial charge in [0.2, 0.25) is 0 Å². The molecule has 0 aliphatic carbocycles. The fourth-order valence-electron chi connectivity index (χ4n) is 4.82. The second-order valence-corrected chi connectivity index (χ2v) is 9.24. The van der Waals surface area contributed by atoms with E-state index in [1.54, 1.807) is 6.20 Å². The summed E-state index contributed by atoms with van der Waals surface area (Å²) in [5.41, 5.74) is 5.90. The number of nitrogens with zero attached hydrogens (tertiary/aromatic N) is 5. The number of hydrogen-bond acceptors (Lipinski definition) is 7. The summed E-state index contributed by atoms with van der Waals surface area (Å²) in [7, 11) is 2.17. The molecule has 2 aliphatic heterocycles. The molecule has 2 aliphatic rings. The van der Waals surface area contributed by atoms with Gasteiger partial charge in [-0.25, -0.2) is 0 Å². The van der Waals surface area contributed by atoms with Gasteiger partial charge in [0, 0.05) is 43.3 Å². The van der Waals surface area contributed by atoms with Gasteiger partial charge < -0.3 is 24.8 Å². The Labute approximate surface area is 198 Å². The first kappa shape index (κ1) is 21.1. The first-order chi connectivity index (χ1) is 16.7. The Balaban J connectivity index is 1.25. The summed E-state index contributed by atoms with van der Waals surface area (Å²) in [5.74, 6) is 0.800. The van der Waals surface area contributed by atoms with E-state index in [4.69, 9.17) is 4.74 Å². The van der Waals surface area contributed by atoms with Gasteiger partial charge in [-0.3, -0.25) is 15.1 Å². The maximum absolute atomic E-state index is 6.17. The van der Waals surface area contributed by atoms with Crippen LogP contribution in [0.5, 0.6) is 5.75 Å². The van der Waals surface area contributed by atoms with Crippen molar-refractivity contribution in [3.63, 3.8) is 0 Å². The number of nitrogens with one attached hydrogen (secondary N) is 3. The number of fused-ring (bicyclic) bond motifs is 1. The molecule has 0 spiro atoms. The number of hydrogen-bond donors (Lipinski definition) is 3. The monoisotopic (exact) mass is 458 g/mol. The molecular formula is C25H30N8O. The average Bonchev–Trinajstić information content (AvgIpc) is 3.53. The molecule has 4 aromatic rings. The lowest BCUT2D eigenvalue weighted by molar-refractivity contribution is 0.162. The molecule has 9 heteroatoms. The van der Waals surface area contributed by atoms with E-state index in [-0.39, 0.29) is 6.10 Å². The largest absolute Gasteiger partial charge is 0.489 e. The molecule has 0 saturated carbocycles.